The number of esters is 1. The molecule has 0 aliphatic rings. The van der Waals surface area contributed by atoms with E-state index in [1.165, 1.54) is 11.8 Å². The highest BCUT2D eigenvalue weighted by Crippen LogP contribution is 2.12. The Labute approximate surface area is 107 Å². The number of carbonyl (C=O) groups excluding carboxylic acids is 2. The summed E-state index contributed by atoms with van der Waals surface area (Å²) in [5.74, 6) is 1.70. The van der Waals surface area contributed by atoms with Crippen LogP contribution in [0.25, 0.3) is 0 Å². The monoisotopic (exact) mass is 269 g/mol. The molecule has 0 spiro atoms. The van der Waals surface area contributed by atoms with Crippen molar-refractivity contribution in [3.8, 4) is 12.3 Å². The normalized spacial score (nSPS) is 9.56. The summed E-state index contributed by atoms with van der Waals surface area (Å²) in [7, 11) is 1.27. The Morgan fingerprint density at radius 3 is 3.06 bits per heavy atom. The molecule has 1 aromatic rings. The van der Waals surface area contributed by atoms with E-state index >= 15 is 0 Å². The van der Waals surface area contributed by atoms with Crippen molar-refractivity contribution in [2.45, 2.75) is 11.7 Å². The Kier molecular flexibility index (Phi) is 5.66. The predicted octanol–water partition coefficient (Wildman–Crippen LogP) is -1.31. The largest absolute Gasteiger partial charge is 0.468 e. The molecule has 1 heterocycles. The average Bonchev–Trinajstić information content (AvgIpc) is 2.81. The molecular formula is C9H11N5O3S. The fourth-order valence-corrected chi connectivity index (χ4v) is 1.62. The molecule has 0 unspecified atom stereocenters. The van der Waals surface area contributed by atoms with Gasteiger partial charge in [0.1, 0.15) is 6.54 Å². The number of rotatable bonds is 6. The lowest BCUT2D eigenvalue weighted by molar-refractivity contribution is -0.141. The van der Waals surface area contributed by atoms with Crippen LogP contribution in [0.5, 0.6) is 0 Å². The van der Waals surface area contributed by atoms with Crippen molar-refractivity contribution in [1.29, 1.82) is 0 Å². The van der Waals surface area contributed by atoms with E-state index in [-0.39, 0.29) is 24.7 Å². The van der Waals surface area contributed by atoms with Crippen LogP contribution < -0.4 is 5.32 Å². The number of methoxy groups -OCH3 is 1. The van der Waals surface area contributed by atoms with Crippen molar-refractivity contribution in [3.63, 3.8) is 0 Å². The summed E-state index contributed by atoms with van der Waals surface area (Å²) in [4.78, 5) is 22.4. The molecule has 1 amide bonds. The summed E-state index contributed by atoms with van der Waals surface area (Å²) < 4.78 is 5.75. The molecule has 1 N–H and O–H groups in total. The molecule has 0 saturated carbocycles. The SMILES string of the molecule is C#CCNC(=O)CSc1nnnn1CC(=O)OC. The number of terminal acetylenes is 1. The average molecular weight is 269 g/mol. The topological polar surface area (TPSA) is 99.0 Å². The summed E-state index contributed by atoms with van der Waals surface area (Å²) >= 11 is 1.10. The van der Waals surface area contributed by atoms with Gasteiger partial charge in [-0.3, -0.25) is 9.59 Å². The molecule has 1 aromatic heterocycles. The number of hydrogen-bond donors (Lipinski definition) is 1. The lowest BCUT2D eigenvalue weighted by atomic mass is 10.6. The van der Waals surface area contributed by atoms with Gasteiger partial charge in [-0.15, -0.1) is 11.5 Å². The van der Waals surface area contributed by atoms with Crippen LogP contribution in [0.1, 0.15) is 0 Å². The van der Waals surface area contributed by atoms with E-state index in [2.05, 4.69) is 31.5 Å². The molecule has 1 rings (SSSR count). The number of amides is 1. The second kappa shape index (κ2) is 7.29. The number of carbonyl (C=O) groups is 2. The highest BCUT2D eigenvalue weighted by molar-refractivity contribution is 7.99. The van der Waals surface area contributed by atoms with Gasteiger partial charge in [0, 0.05) is 0 Å². The van der Waals surface area contributed by atoms with E-state index in [4.69, 9.17) is 6.42 Å². The second-order valence-corrected chi connectivity index (χ2v) is 3.91. The van der Waals surface area contributed by atoms with E-state index in [1.54, 1.807) is 0 Å². The first-order chi connectivity index (χ1) is 8.67. The minimum absolute atomic E-state index is 0.0994. The van der Waals surface area contributed by atoms with Crippen LogP contribution in [0.15, 0.2) is 5.16 Å². The first-order valence-electron chi connectivity index (χ1n) is 4.83. The molecule has 0 fully saturated rings. The van der Waals surface area contributed by atoms with Crippen LogP contribution in [-0.4, -0.2) is 51.5 Å². The summed E-state index contributed by atoms with van der Waals surface area (Å²) in [5, 5.41) is 13.6. The lowest BCUT2D eigenvalue weighted by Crippen LogP contribution is -2.25. The number of thioether (sulfide) groups is 1. The molecule has 0 aromatic carbocycles. The first kappa shape index (κ1) is 14.0. The molecule has 0 saturated heterocycles. The van der Waals surface area contributed by atoms with Gasteiger partial charge in [-0.05, 0) is 10.4 Å². The van der Waals surface area contributed by atoms with Crippen molar-refractivity contribution in [1.82, 2.24) is 25.5 Å². The number of nitrogens with zero attached hydrogens (tertiary/aromatic N) is 4. The van der Waals surface area contributed by atoms with E-state index in [0.717, 1.165) is 11.8 Å². The van der Waals surface area contributed by atoms with Crippen molar-refractivity contribution >= 4 is 23.6 Å². The zero-order valence-corrected chi connectivity index (χ0v) is 10.4. The molecule has 96 valence electrons. The quantitative estimate of drug-likeness (QED) is 0.389. The Balaban J connectivity index is 2.48. The zero-order chi connectivity index (χ0) is 13.4. The molecule has 0 bridgehead atoms. The predicted molar refractivity (Wildman–Crippen MR) is 62.4 cm³/mol. The minimum Gasteiger partial charge on any atom is -0.468 e. The first-order valence-corrected chi connectivity index (χ1v) is 5.82. The number of hydrogen-bond acceptors (Lipinski definition) is 7. The van der Waals surface area contributed by atoms with Gasteiger partial charge >= 0.3 is 5.97 Å². The standard InChI is InChI=1S/C9H11N5O3S/c1-3-4-10-7(15)6-18-9-11-12-13-14(9)5-8(16)17-2/h1H,4-6H2,2H3,(H,10,15). The summed E-state index contributed by atoms with van der Waals surface area (Å²) in [5.41, 5.74) is 0. The van der Waals surface area contributed by atoms with Crippen LogP contribution in [0.3, 0.4) is 0 Å². The zero-order valence-electron chi connectivity index (χ0n) is 9.62. The summed E-state index contributed by atoms with van der Waals surface area (Å²) in [6, 6.07) is 0. The van der Waals surface area contributed by atoms with Gasteiger partial charge in [0.05, 0.1) is 19.4 Å². The van der Waals surface area contributed by atoms with Crippen molar-refractivity contribution < 1.29 is 14.3 Å². The van der Waals surface area contributed by atoms with Gasteiger partial charge in [0.25, 0.3) is 0 Å². The fourth-order valence-electron chi connectivity index (χ4n) is 0.917. The molecule has 0 aliphatic carbocycles. The van der Waals surface area contributed by atoms with Crippen LogP contribution in [0.4, 0.5) is 0 Å². The molecule has 18 heavy (non-hydrogen) atoms. The Hall–Kier alpha value is -2.08. The number of tetrazole rings is 1. The van der Waals surface area contributed by atoms with Crippen molar-refractivity contribution in [2.75, 3.05) is 19.4 Å². The molecule has 0 radical (unpaired) electrons. The second-order valence-electron chi connectivity index (χ2n) is 2.96. The van der Waals surface area contributed by atoms with Crippen molar-refractivity contribution in [3.05, 3.63) is 0 Å². The van der Waals surface area contributed by atoms with E-state index in [9.17, 15) is 9.59 Å². The van der Waals surface area contributed by atoms with Gasteiger partial charge in [0.2, 0.25) is 11.1 Å². The lowest BCUT2D eigenvalue weighted by Gasteiger charge is -2.03. The minimum atomic E-state index is -0.471. The Morgan fingerprint density at radius 2 is 2.39 bits per heavy atom. The van der Waals surface area contributed by atoms with Gasteiger partial charge in [0.15, 0.2) is 0 Å². The Morgan fingerprint density at radius 1 is 1.61 bits per heavy atom. The number of nitrogens with one attached hydrogen (secondary N) is 1. The highest BCUT2D eigenvalue weighted by atomic mass is 32.2. The summed E-state index contributed by atoms with van der Waals surface area (Å²) in [6.07, 6.45) is 5.00. The molecule has 0 atom stereocenters. The van der Waals surface area contributed by atoms with Gasteiger partial charge in [-0.2, -0.15) is 0 Å². The van der Waals surface area contributed by atoms with Crippen LogP contribution >= 0.6 is 11.8 Å². The Bertz CT molecular complexity index is 467. The molecular weight excluding hydrogens is 258 g/mol. The third-order valence-electron chi connectivity index (χ3n) is 1.73. The van der Waals surface area contributed by atoms with Gasteiger partial charge in [-0.25, -0.2) is 4.68 Å². The summed E-state index contributed by atoms with van der Waals surface area (Å²) in [6.45, 7) is 0.0737. The highest BCUT2D eigenvalue weighted by Gasteiger charge is 2.12. The van der Waals surface area contributed by atoms with Crippen LogP contribution in [0, 0.1) is 12.3 Å². The molecule has 9 heteroatoms. The fraction of sp³-hybridized carbons (Fsp3) is 0.444. The molecule has 0 aliphatic heterocycles. The smallest absolute Gasteiger partial charge is 0.327 e. The van der Waals surface area contributed by atoms with Gasteiger partial charge in [-0.1, -0.05) is 17.7 Å². The van der Waals surface area contributed by atoms with Crippen molar-refractivity contribution in [2.24, 2.45) is 0 Å². The number of ether oxygens (including phenoxy) is 1. The third-order valence-corrected chi connectivity index (χ3v) is 2.68. The maximum absolute atomic E-state index is 11.3. The van der Waals surface area contributed by atoms with Crippen LogP contribution in [0.2, 0.25) is 0 Å². The van der Waals surface area contributed by atoms with Gasteiger partial charge < -0.3 is 10.1 Å². The van der Waals surface area contributed by atoms with E-state index in [0.29, 0.717) is 5.16 Å². The van der Waals surface area contributed by atoms with E-state index in [1.807, 2.05) is 0 Å². The number of aromatic nitrogens is 4. The van der Waals surface area contributed by atoms with Crippen LogP contribution in [-0.2, 0) is 20.9 Å². The van der Waals surface area contributed by atoms with E-state index < -0.39 is 5.97 Å². The molecule has 8 nitrogen and oxygen atoms in total. The maximum Gasteiger partial charge on any atom is 0.327 e. The third kappa shape index (κ3) is 4.42. The maximum atomic E-state index is 11.3.